The molecular formula is C22H25N5O3. The summed E-state index contributed by atoms with van der Waals surface area (Å²) in [5.41, 5.74) is 6.84. The van der Waals surface area contributed by atoms with E-state index in [0.717, 1.165) is 30.2 Å². The minimum absolute atomic E-state index is 0.00719. The molecule has 1 fully saturated rings. The molecule has 1 saturated heterocycles. The van der Waals surface area contributed by atoms with Crippen LogP contribution in [0.5, 0.6) is 11.5 Å². The largest absolute Gasteiger partial charge is 0.506 e. The first-order valence-corrected chi connectivity index (χ1v) is 10.1. The van der Waals surface area contributed by atoms with Gasteiger partial charge in [0.25, 0.3) is 0 Å². The standard InChI is InChI=1S/C22H25N5O3/c23-12-20(29)27-11-4-3-6-15(27)13-30-19-10-5-8-17-21(19)22(25-14-24-17)26-16-7-1-2-9-18(16)28/h1-2,5,7-10,14-15,28H,3-4,6,11-13,23H2,(H,24,25,26)/t15-/m1/s1. The predicted molar refractivity (Wildman–Crippen MR) is 115 cm³/mol. The highest BCUT2D eigenvalue weighted by Crippen LogP contribution is 2.34. The Kier molecular flexibility index (Phi) is 5.94. The number of amides is 1. The Morgan fingerprint density at radius 3 is 2.90 bits per heavy atom. The molecule has 30 heavy (non-hydrogen) atoms. The number of nitrogens with two attached hydrogens (primary N) is 1. The van der Waals surface area contributed by atoms with Crippen molar-refractivity contribution in [1.29, 1.82) is 0 Å². The minimum Gasteiger partial charge on any atom is -0.506 e. The first-order chi connectivity index (χ1) is 14.7. The summed E-state index contributed by atoms with van der Waals surface area (Å²) >= 11 is 0. The Morgan fingerprint density at radius 1 is 1.20 bits per heavy atom. The zero-order chi connectivity index (χ0) is 20.9. The monoisotopic (exact) mass is 407 g/mol. The number of piperidine rings is 1. The molecule has 1 atom stereocenters. The van der Waals surface area contributed by atoms with Crippen molar-refractivity contribution in [2.45, 2.75) is 25.3 Å². The number of para-hydroxylation sites is 2. The van der Waals surface area contributed by atoms with Gasteiger partial charge in [0.15, 0.2) is 0 Å². The van der Waals surface area contributed by atoms with Gasteiger partial charge in [-0.25, -0.2) is 9.97 Å². The van der Waals surface area contributed by atoms with Gasteiger partial charge in [0.2, 0.25) is 5.91 Å². The lowest BCUT2D eigenvalue weighted by molar-refractivity contribution is -0.134. The lowest BCUT2D eigenvalue weighted by atomic mass is 10.0. The third-order valence-corrected chi connectivity index (χ3v) is 5.34. The molecule has 0 radical (unpaired) electrons. The fourth-order valence-corrected chi connectivity index (χ4v) is 3.81. The molecule has 4 rings (SSSR count). The Balaban J connectivity index is 1.61. The molecule has 8 heteroatoms. The molecule has 1 aliphatic heterocycles. The summed E-state index contributed by atoms with van der Waals surface area (Å²) in [4.78, 5) is 22.7. The van der Waals surface area contributed by atoms with Gasteiger partial charge in [-0.05, 0) is 43.5 Å². The van der Waals surface area contributed by atoms with Gasteiger partial charge < -0.3 is 25.8 Å². The molecular weight excluding hydrogens is 382 g/mol. The Labute approximate surface area is 174 Å². The Morgan fingerprint density at radius 2 is 2.07 bits per heavy atom. The van der Waals surface area contributed by atoms with E-state index in [4.69, 9.17) is 10.5 Å². The first kappa shape index (κ1) is 19.9. The molecule has 1 amide bonds. The lowest BCUT2D eigenvalue weighted by Gasteiger charge is -2.35. The Hall–Kier alpha value is -3.39. The fourth-order valence-electron chi connectivity index (χ4n) is 3.81. The highest BCUT2D eigenvalue weighted by molar-refractivity contribution is 5.96. The highest BCUT2D eigenvalue weighted by atomic mass is 16.5. The SMILES string of the molecule is NCC(=O)N1CCCC[C@@H]1COc1cccc2ncnc(Nc3ccccc3O)c12. The van der Waals surface area contributed by atoms with Gasteiger partial charge in [-0.1, -0.05) is 18.2 Å². The summed E-state index contributed by atoms with van der Waals surface area (Å²) in [5.74, 6) is 1.24. The number of fused-ring (bicyclic) bond motifs is 1. The van der Waals surface area contributed by atoms with E-state index in [1.807, 2.05) is 29.2 Å². The number of rotatable bonds is 6. The van der Waals surface area contributed by atoms with E-state index in [-0.39, 0.29) is 24.2 Å². The average molecular weight is 407 g/mol. The van der Waals surface area contributed by atoms with Crippen LogP contribution in [0.4, 0.5) is 11.5 Å². The first-order valence-electron chi connectivity index (χ1n) is 10.1. The van der Waals surface area contributed by atoms with Crippen molar-refractivity contribution in [3.05, 3.63) is 48.8 Å². The number of hydrogen-bond acceptors (Lipinski definition) is 7. The minimum atomic E-state index is -0.0496. The van der Waals surface area contributed by atoms with E-state index < -0.39 is 0 Å². The molecule has 0 saturated carbocycles. The number of aromatic nitrogens is 2. The summed E-state index contributed by atoms with van der Waals surface area (Å²) in [6, 6.07) is 12.6. The molecule has 0 spiro atoms. The van der Waals surface area contributed by atoms with Crippen molar-refractivity contribution >= 4 is 28.3 Å². The quantitative estimate of drug-likeness (QED) is 0.538. The van der Waals surface area contributed by atoms with Crippen molar-refractivity contribution in [3.8, 4) is 11.5 Å². The van der Waals surface area contributed by atoms with Crippen LogP contribution in [-0.2, 0) is 4.79 Å². The summed E-state index contributed by atoms with van der Waals surface area (Å²) in [6.45, 7) is 1.09. The lowest BCUT2D eigenvalue weighted by Crippen LogP contribution is -2.48. The van der Waals surface area contributed by atoms with E-state index >= 15 is 0 Å². The van der Waals surface area contributed by atoms with Crippen molar-refractivity contribution in [2.24, 2.45) is 5.73 Å². The average Bonchev–Trinajstić information content (AvgIpc) is 2.79. The molecule has 8 nitrogen and oxygen atoms in total. The molecule has 0 bridgehead atoms. The number of nitrogens with one attached hydrogen (secondary N) is 1. The number of ether oxygens (including phenoxy) is 1. The summed E-state index contributed by atoms with van der Waals surface area (Å²) in [7, 11) is 0. The maximum Gasteiger partial charge on any atom is 0.236 e. The summed E-state index contributed by atoms with van der Waals surface area (Å²) in [6.07, 6.45) is 4.40. The highest BCUT2D eigenvalue weighted by Gasteiger charge is 2.26. The maximum absolute atomic E-state index is 12.2. The number of phenols is 1. The van der Waals surface area contributed by atoms with E-state index in [0.29, 0.717) is 30.4 Å². The molecule has 156 valence electrons. The van der Waals surface area contributed by atoms with Gasteiger partial charge in [-0.2, -0.15) is 0 Å². The zero-order valence-corrected chi connectivity index (χ0v) is 16.6. The summed E-state index contributed by atoms with van der Waals surface area (Å²) < 4.78 is 6.18. The van der Waals surface area contributed by atoms with Crippen LogP contribution in [0.15, 0.2) is 48.8 Å². The fraction of sp³-hybridized carbons (Fsp3) is 0.318. The molecule has 2 heterocycles. The summed E-state index contributed by atoms with van der Waals surface area (Å²) in [5, 5.41) is 14.0. The second-order valence-corrected chi connectivity index (χ2v) is 7.27. The van der Waals surface area contributed by atoms with Crippen molar-refractivity contribution in [1.82, 2.24) is 14.9 Å². The third kappa shape index (κ3) is 4.13. The topological polar surface area (TPSA) is 114 Å². The maximum atomic E-state index is 12.2. The van der Waals surface area contributed by atoms with Gasteiger partial charge in [0.1, 0.15) is 30.3 Å². The number of carbonyl (C=O) groups excluding carboxylic acids is 1. The zero-order valence-electron chi connectivity index (χ0n) is 16.6. The number of phenolic OH excluding ortho intramolecular Hbond substituents is 1. The van der Waals surface area contributed by atoms with Crippen LogP contribution in [0, 0.1) is 0 Å². The van der Waals surface area contributed by atoms with Crippen molar-refractivity contribution in [3.63, 3.8) is 0 Å². The number of nitrogens with zero attached hydrogens (tertiary/aromatic N) is 3. The van der Waals surface area contributed by atoms with Crippen LogP contribution >= 0.6 is 0 Å². The van der Waals surface area contributed by atoms with Crippen LogP contribution in [-0.4, -0.2) is 51.6 Å². The van der Waals surface area contributed by atoms with E-state index in [9.17, 15) is 9.90 Å². The number of anilines is 2. The molecule has 2 aromatic carbocycles. The van der Waals surface area contributed by atoms with Gasteiger partial charge in [-0.3, -0.25) is 4.79 Å². The number of benzene rings is 2. The van der Waals surface area contributed by atoms with Gasteiger partial charge in [0.05, 0.1) is 29.2 Å². The van der Waals surface area contributed by atoms with E-state index in [1.165, 1.54) is 6.33 Å². The van der Waals surface area contributed by atoms with Gasteiger partial charge in [0, 0.05) is 6.54 Å². The number of likely N-dealkylation sites (tertiary alicyclic amines) is 1. The van der Waals surface area contributed by atoms with Crippen LogP contribution in [0.1, 0.15) is 19.3 Å². The second kappa shape index (κ2) is 8.96. The van der Waals surface area contributed by atoms with Crippen LogP contribution < -0.4 is 15.8 Å². The number of carbonyl (C=O) groups is 1. The molecule has 1 aromatic heterocycles. The third-order valence-electron chi connectivity index (χ3n) is 5.34. The molecule has 3 aromatic rings. The molecule has 4 N–H and O–H groups in total. The number of hydrogen-bond donors (Lipinski definition) is 3. The number of aromatic hydroxyl groups is 1. The van der Waals surface area contributed by atoms with Crippen LogP contribution in [0.2, 0.25) is 0 Å². The molecule has 0 aliphatic carbocycles. The molecule has 0 unspecified atom stereocenters. The van der Waals surface area contributed by atoms with Crippen LogP contribution in [0.3, 0.4) is 0 Å². The predicted octanol–water partition coefficient (Wildman–Crippen LogP) is 2.80. The normalized spacial score (nSPS) is 16.4. The smallest absolute Gasteiger partial charge is 0.236 e. The van der Waals surface area contributed by atoms with Crippen LogP contribution in [0.25, 0.3) is 10.9 Å². The molecule has 1 aliphatic rings. The van der Waals surface area contributed by atoms with E-state index in [2.05, 4.69) is 15.3 Å². The second-order valence-electron chi connectivity index (χ2n) is 7.27. The van der Waals surface area contributed by atoms with E-state index in [1.54, 1.807) is 18.2 Å². The van der Waals surface area contributed by atoms with Crippen molar-refractivity contribution in [2.75, 3.05) is 25.0 Å². The van der Waals surface area contributed by atoms with Crippen molar-refractivity contribution < 1.29 is 14.6 Å². The Bertz CT molecular complexity index is 1040. The van der Waals surface area contributed by atoms with Gasteiger partial charge in [-0.15, -0.1) is 0 Å². The van der Waals surface area contributed by atoms with Gasteiger partial charge >= 0.3 is 0 Å².